The summed E-state index contributed by atoms with van der Waals surface area (Å²) in [5.74, 6) is 1.81. The lowest BCUT2D eigenvalue weighted by molar-refractivity contribution is -0.122. The normalized spacial score (nSPS) is 20.2. The first-order valence-corrected chi connectivity index (χ1v) is 9.09. The van der Waals surface area contributed by atoms with Crippen LogP contribution in [0.3, 0.4) is 0 Å². The van der Waals surface area contributed by atoms with E-state index in [1.54, 1.807) is 0 Å². The maximum absolute atomic E-state index is 12.0. The first-order chi connectivity index (χ1) is 10.8. The number of amides is 1. The summed E-state index contributed by atoms with van der Waals surface area (Å²) < 4.78 is 0. The monoisotopic (exact) mass is 308 g/mol. The lowest BCUT2D eigenvalue weighted by atomic mass is 9.87. The predicted molar refractivity (Wildman–Crippen MR) is 91.0 cm³/mol. The molecule has 2 aliphatic rings. The fourth-order valence-electron chi connectivity index (χ4n) is 3.44. The zero-order valence-electron chi connectivity index (χ0n) is 14.1. The van der Waals surface area contributed by atoms with Crippen LogP contribution in [0.25, 0.3) is 0 Å². The fraction of sp³-hybridized carbons (Fsp3) is 0.882. The molecule has 22 heavy (non-hydrogen) atoms. The summed E-state index contributed by atoms with van der Waals surface area (Å²) in [6.07, 6.45) is 9.60. The van der Waals surface area contributed by atoms with Gasteiger partial charge in [-0.2, -0.15) is 0 Å². The molecular formula is C17H32N4O. The average molecular weight is 308 g/mol. The van der Waals surface area contributed by atoms with Gasteiger partial charge in [-0.1, -0.05) is 19.3 Å². The molecule has 1 heterocycles. The molecule has 1 saturated carbocycles. The van der Waals surface area contributed by atoms with Gasteiger partial charge in [-0.25, -0.2) is 0 Å². The van der Waals surface area contributed by atoms with E-state index < -0.39 is 0 Å². The minimum absolute atomic E-state index is 0.202. The molecule has 2 fully saturated rings. The maximum atomic E-state index is 12.0. The van der Waals surface area contributed by atoms with Crippen molar-refractivity contribution in [1.29, 1.82) is 0 Å². The number of carbonyl (C=O) groups is 1. The Bertz CT molecular complexity index is 358. The molecule has 1 amide bonds. The number of guanidine groups is 1. The van der Waals surface area contributed by atoms with Crippen molar-refractivity contribution in [2.75, 3.05) is 32.7 Å². The van der Waals surface area contributed by atoms with Crippen LogP contribution in [0.4, 0.5) is 0 Å². The molecule has 0 bridgehead atoms. The third-order valence-corrected chi connectivity index (χ3v) is 4.63. The van der Waals surface area contributed by atoms with E-state index in [2.05, 4.69) is 27.4 Å². The van der Waals surface area contributed by atoms with Gasteiger partial charge in [-0.05, 0) is 38.5 Å². The molecule has 0 aromatic carbocycles. The molecule has 0 spiro atoms. The van der Waals surface area contributed by atoms with Gasteiger partial charge >= 0.3 is 0 Å². The topological polar surface area (TPSA) is 56.7 Å². The Labute approximate surface area is 134 Å². The Balaban J connectivity index is 1.65. The largest absolute Gasteiger partial charge is 0.357 e. The van der Waals surface area contributed by atoms with E-state index in [-0.39, 0.29) is 5.91 Å². The predicted octanol–water partition coefficient (Wildman–Crippen LogP) is 2.13. The van der Waals surface area contributed by atoms with Crippen LogP contribution in [0.1, 0.15) is 58.3 Å². The van der Waals surface area contributed by atoms with Gasteiger partial charge in [-0.15, -0.1) is 0 Å². The highest BCUT2D eigenvalue weighted by atomic mass is 16.1. The zero-order valence-corrected chi connectivity index (χ0v) is 14.1. The minimum Gasteiger partial charge on any atom is -0.357 e. The molecule has 5 heteroatoms. The number of nitrogens with zero attached hydrogens (tertiary/aromatic N) is 2. The van der Waals surface area contributed by atoms with E-state index in [0.29, 0.717) is 25.4 Å². The fourth-order valence-corrected chi connectivity index (χ4v) is 3.44. The summed E-state index contributed by atoms with van der Waals surface area (Å²) in [6.45, 7) is 6.49. The summed E-state index contributed by atoms with van der Waals surface area (Å²) >= 11 is 0. The number of likely N-dealkylation sites (tertiary alicyclic amines) is 1. The van der Waals surface area contributed by atoms with Crippen molar-refractivity contribution in [1.82, 2.24) is 15.5 Å². The van der Waals surface area contributed by atoms with Crippen LogP contribution in [0, 0.1) is 5.92 Å². The second kappa shape index (κ2) is 9.70. The van der Waals surface area contributed by atoms with Gasteiger partial charge in [0, 0.05) is 32.6 Å². The van der Waals surface area contributed by atoms with Crippen LogP contribution in [0.2, 0.25) is 0 Å². The van der Waals surface area contributed by atoms with Gasteiger partial charge in [0.15, 0.2) is 5.96 Å². The second-order valence-corrected chi connectivity index (χ2v) is 6.49. The molecule has 2 N–H and O–H groups in total. The Morgan fingerprint density at radius 3 is 2.50 bits per heavy atom. The highest BCUT2D eigenvalue weighted by molar-refractivity contribution is 5.80. The van der Waals surface area contributed by atoms with Crippen LogP contribution in [0.15, 0.2) is 4.99 Å². The lowest BCUT2D eigenvalue weighted by Gasteiger charge is -2.21. The molecule has 0 unspecified atom stereocenters. The highest BCUT2D eigenvalue weighted by Gasteiger charge is 2.17. The van der Waals surface area contributed by atoms with Gasteiger partial charge in [0.25, 0.3) is 0 Å². The van der Waals surface area contributed by atoms with Crippen molar-refractivity contribution >= 4 is 11.9 Å². The number of carbonyl (C=O) groups excluding carboxylic acids is 1. The van der Waals surface area contributed by atoms with Crippen molar-refractivity contribution < 1.29 is 4.79 Å². The molecular weight excluding hydrogens is 276 g/mol. The van der Waals surface area contributed by atoms with Gasteiger partial charge in [-0.3, -0.25) is 9.79 Å². The third-order valence-electron chi connectivity index (χ3n) is 4.63. The van der Waals surface area contributed by atoms with E-state index in [1.807, 2.05) is 0 Å². The summed E-state index contributed by atoms with van der Waals surface area (Å²) in [5.41, 5.74) is 0. The van der Waals surface area contributed by atoms with E-state index in [9.17, 15) is 4.79 Å². The van der Waals surface area contributed by atoms with Gasteiger partial charge in [0.2, 0.25) is 5.91 Å². The molecule has 126 valence electrons. The van der Waals surface area contributed by atoms with E-state index in [0.717, 1.165) is 25.6 Å². The van der Waals surface area contributed by atoms with Crippen LogP contribution < -0.4 is 10.6 Å². The van der Waals surface area contributed by atoms with E-state index in [4.69, 9.17) is 0 Å². The number of rotatable bonds is 6. The number of hydrogen-bond acceptors (Lipinski definition) is 2. The smallest absolute Gasteiger partial charge is 0.220 e. The van der Waals surface area contributed by atoms with Gasteiger partial charge < -0.3 is 15.5 Å². The third kappa shape index (κ3) is 5.85. The highest BCUT2D eigenvalue weighted by Crippen LogP contribution is 2.25. The van der Waals surface area contributed by atoms with Crippen LogP contribution in [0.5, 0.6) is 0 Å². The summed E-state index contributed by atoms with van der Waals surface area (Å²) in [7, 11) is 0. The van der Waals surface area contributed by atoms with Crippen LogP contribution in [-0.2, 0) is 4.79 Å². The molecule has 1 aliphatic heterocycles. The zero-order chi connectivity index (χ0) is 15.6. The summed E-state index contributed by atoms with van der Waals surface area (Å²) in [5, 5.41) is 6.37. The second-order valence-electron chi connectivity index (χ2n) is 6.49. The average Bonchev–Trinajstić information content (AvgIpc) is 3.05. The molecule has 0 aromatic rings. The molecule has 0 radical (unpaired) electrons. The van der Waals surface area contributed by atoms with E-state index in [1.165, 1.54) is 44.9 Å². The lowest BCUT2D eigenvalue weighted by Crippen LogP contribution is -2.40. The SMILES string of the molecule is CCNC(=NCCNC(=O)CC1CCCCC1)N1CCCC1. The molecule has 1 aliphatic carbocycles. The standard InChI is InChI=1S/C17H32N4O/c1-2-18-17(21-12-6-7-13-21)20-11-10-19-16(22)14-15-8-4-3-5-9-15/h15H,2-14H2,1H3,(H,18,20)(H,19,22). The number of nitrogens with one attached hydrogen (secondary N) is 2. The molecule has 5 nitrogen and oxygen atoms in total. The van der Waals surface area contributed by atoms with Crippen molar-refractivity contribution in [3.05, 3.63) is 0 Å². The van der Waals surface area contributed by atoms with Gasteiger partial charge in [0.1, 0.15) is 0 Å². The Morgan fingerprint density at radius 1 is 1.09 bits per heavy atom. The quantitative estimate of drug-likeness (QED) is 0.449. The number of hydrogen-bond donors (Lipinski definition) is 2. The van der Waals surface area contributed by atoms with Crippen molar-refractivity contribution in [2.45, 2.75) is 58.3 Å². The number of aliphatic imine (C=N–C) groups is 1. The van der Waals surface area contributed by atoms with Crippen molar-refractivity contribution in [2.24, 2.45) is 10.9 Å². The Morgan fingerprint density at radius 2 is 1.82 bits per heavy atom. The van der Waals surface area contributed by atoms with Gasteiger partial charge in [0.05, 0.1) is 6.54 Å². The Kier molecular flexibility index (Phi) is 7.54. The maximum Gasteiger partial charge on any atom is 0.220 e. The van der Waals surface area contributed by atoms with Crippen molar-refractivity contribution in [3.8, 4) is 0 Å². The Hall–Kier alpha value is -1.26. The first-order valence-electron chi connectivity index (χ1n) is 9.09. The minimum atomic E-state index is 0.202. The molecule has 2 rings (SSSR count). The molecule has 0 aromatic heterocycles. The molecule has 1 saturated heterocycles. The summed E-state index contributed by atoms with van der Waals surface area (Å²) in [4.78, 5) is 18.9. The van der Waals surface area contributed by atoms with Crippen LogP contribution in [-0.4, -0.2) is 49.5 Å². The summed E-state index contributed by atoms with van der Waals surface area (Å²) in [6, 6.07) is 0. The van der Waals surface area contributed by atoms with E-state index >= 15 is 0 Å². The molecule has 0 atom stereocenters. The van der Waals surface area contributed by atoms with Crippen molar-refractivity contribution in [3.63, 3.8) is 0 Å². The first kappa shape index (κ1) is 17.1. The van der Waals surface area contributed by atoms with Crippen LogP contribution >= 0.6 is 0 Å².